The van der Waals surface area contributed by atoms with Crippen LogP contribution in [0.2, 0.25) is 0 Å². The number of rotatable bonds is 9. The molecule has 188 valence electrons. The first-order chi connectivity index (χ1) is 16.9. The van der Waals surface area contributed by atoms with Crippen LogP contribution in [0.3, 0.4) is 0 Å². The summed E-state index contributed by atoms with van der Waals surface area (Å²) in [6.07, 6.45) is 7.86. The maximum absolute atomic E-state index is 13.2. The molecule has 7 heteroatoms. The number of piperidine rings is 1. The van der Waals surface area contributed by atoms with Crippen LogP contribution in [-0.4, -0.2) is 50.3 Å². The first-order valence-corrected chi connectivity index (χ1v) is 13.0. The van der Waals surface area contributed by atoms with E-state index < -0.39 is 0 Å². The summed E-state index contributed by atoms with van der Waals surface area (Å²) in [4.78, 5) is 28.2. The summed E-state index contributed by atoms with van der Waals surface area (Å²) in [5, 5.41) is 9.08. The maximum atomic E-state index is 13.2. The van der Waals surface area contributed by atoms with Crippen molar-refractivity contribution in [3.8, 4) is 5.69 Å². The number of likely N-dealkylation sites (tertiary alicyclic amines) is 1. The molecule has 0 spiro atoms. The predicted octanol–water partition coefficient (Wildman–Crippen LogP) is 4.35. The Balaban J connectivity index is 1.31. The summed E-state index contributed by atoms with van der Waals surface area (Å²) in [6.45, 7) is 11.1. The van der Waals surface area contributed by atoms with E-state index in [9.17, 15) is 9.59 Å². The second-order valence-electron chi connectivity index (χ2n) is 9.98. The quantitative estimate of drug-likeness (QED) is 0.465. The first kappa shape index (κ1) is 25.2. The molecular weight excluding hydrogens is 438 g/mol. The zero-order valence-electron chi connectivity index (χ0n) is 21.6. The van der Waals surface area contributed by atoms with E-state index in [1.54, 1.807) is 6.20 Å². The summed E-state index contributed by atoms with van der Waals surface area (Å²) >= 11 is 0. The molecule has 0 saturated carbocycles. The fourth-order valence-electron chi connectivity index (χ4n) is 5.59. The predicted molar refractivity (Wildman–Crippen MR) is 141 cm³/mol. The van der Waals surface area contributed by atoms with Gasteiger partial charge in [0, 0.05) is 54.9 Å². The Morgan fingerprint density at radius 1 is 1.03 bits per heavy atom. The Hall–Kier alpha value is -2.93. The number of carbonyl (C=O) groups excluding carboxylic acids is 1. The van der Waals surface area contributed by atoms with Crippen molar-refractivity contribution >= 4 is 16.7 Å². The molecule has 1 N–H and O–H groups in total. The van der Waals surface area contributed by atoms with Gasteiger partial charge < -0.3 is 9.88 Å². The number of nitrogens with one attached hydrogen (secondary N) is 1. The van der Waals surface area contributed by atoms with Gasteiger partial charge in [0.15, 0.2) is 0 Å². The Bertz CT molecular complexity index is 1200. The zero-order valence-corrected chi connectivity index (χ0v) is 21.6. The van der Waals surface area contributed by atoms with Crippen molar-refractivity contribution < 1.29 is 4.79 Å². The number of benzene rings is 1. The number of aryl methyl sites for hydroxylation is 2. The Morgan fingerprint density at radius 2 is 1.74 bits per heavy atom. The summed E-state index contributed by atoms with van der Waals surface area (Å²) in [5.41, 5.74) is 2.60. The molecule has 1 amide bonds. The molecule has 1 aromatic carbocycles. The lowest BCUT2D eigenvalue weighted by atomic mass is 9.97. The lowest BCUT2D eigenvalue weighted by molar-refractivity contribution is -0.121. The van der Waals surface area contributed by atoms with Crippen LogP contribution >= 0.6 is 0 Å². The normalized spacial score (nSPS) is 18.7. The molecular formula is C28H39N5O2. The lowest BCUT2D eigenvalue weighted by Gasteiger charge is -2.39. The number of fused-ring (bicyclic) bond motifs is 1. The van der Waals surface area contributed by atoms with Crippen molar-refractivity contribution in [3.05, 3.63) is 58.3 Å². The third-order valence-electron chi connectivity index (χ3n) is 7.62. The minimum Gasteiger partial charge on any atom is -0.356 e. The van der Waals surface area contributed by atoms with Gasteiger partial charge in [0.1, 0.15) is 0 Å². The summed E-state index contributed by atoms with van der Waals surface area (Å²) in [5.74, 6) is 0.102. The van der Waals surface area contributed by atoms with Crippen LogP contribution in [0, 0.1) is 13.8 Å². The van der Waals surface area contributed by atoms with E-state index in [0.29, 0.717) is 30.4 Å². The highest BCUT2D eigenvalue weighted by Gasteiger charge is 2.23. The van der Waals surface area contributed by atoms with Crippen molar-refractivity contribution in [2.24, 2.45) is 0 Å². The topological polar surface area (TPSA) is 72.2 Å². The van der Waals surface area contributed by atoms with Crippen LogP contribution in [0.15, 0.2) is 41.3 Å². The monoisotopic (exact) mass is 477 g/mol. The van der Waals surface area contributed by atoms with E-state index in [4.69, 9.17) is 0 Å². The average molecular weight is 478 g/mol. The van der Waals surface area contributed by atoms with Gasteiger partial charge in [-0.05, 0) is 65.5 Å². The summed E-state index contributed by atoms with van der Waals surface area (Å²) < 4.78 is 3.60. The van der Waals surface area contributed by atoms with E-state index in [1.807, 2.05) is 44.2 Å². The second-order valence-corrected chi connectivity index (χ2v) is 9.98. The number of aromatic nitrogens is 3. The first-order valence-electron chi connectivity index (χ1n) is 13.0. The smallest absolute Gasteiger partial charge is 0.281 e. The van der Waals surface area contributed by atoms with Gasteiger partial charge in [0.05, 0.1) is 17.3 Å². The SMILES string of the molecule is Cc1c2cnn(-c3ccccc3)c(=O)c2c(C)n1CCCC(=O)NCCCN1[C@@H](C)CCC[C@@H]1C. The number of carbonyl (C=O) groups is 1. The van der Waals surface area contributed by atoms with Crippen LogP contribution < -0.4 is 10.9 Å². The van der Waals surface area contributed by atoms with Crippen molar-refractivity contribution in [1.29, 1.82) is 0 Å². The van der Waals surface area contributed by atoms with Crippen molar-refractivity contribution in [2.75, 3.05) is 13.1 Å². The molecule has 0 unspecified atom stereocenters. The van der Waals surface area contributed by atoms with Crippen LogP contribution in [0.5, 0.6) is 0 Å². The number of para-hydroxylation sites is 1. The van der Waals surface area contributed by atoms with Crippen molar-refractivity contribution in [2.45, 2.75) is 84.8 Å². The molecule has 3 heterocycles. The van der Waals surface area contributed by atoms with E-state index in [2.05, 4.69) is 33.7 Å². The van der Waals surface area contributed by atoms with E-state index in [1.165, 1.54) is 23.9 Å². The van der Waals surface area contributed by atoms with E-state index >= 15 is 0 Å². The fourth-order valence-corrected chi connectivity index (χ4v) is 5.59. The molecule has 0 bridgehead atoms. The third kappa shape index (κ3) is 5.50. The Morgan fingerprint density at radius 3 is 2.46 bits per heavy atom. The number of hydrogen-bond acceptors (Lipinski definition) is 4. The van der Waals surface area contributed by atoms with Gasteiger partial charge in [0.2, 0.25) is 5.91 Å². The maximum Gasteiger partial charge on any atom is 0.281 e. The standard InChI is InChI=1S/C28H39N5O2/c1-20-11-8-12-21(2)31(20)18-10-16-29-26(34)15-9-17-32-22(3)25-19-30-33(24-13-6-5-7-14-24)28(35)27(25)23(32)4/h5-7,13-14,19-21H,8-12,15-18H2,1-4H3,(H,29,34)/t20-,21-/m0/s1. The molecule has 1 aliphatic rings. The van der Waals surface area contributed by atoms with Gasteiger partial charge in [-0.15, -0.1) is 0 Å². The average Bonchev–Trinajstić information content (AvgIpc) is 3.09. The van der Waals surface area contributed by atoms with E-state index in [0.717, 1.165) is 48.4 Å². The molecule has 1 fully saturated rings. The highest BCUT2D eigenvalue weighted by Crippen LogP contribution is 2.24. The highest BCUT2D eigenvalue weighted by molar-refractivity contribution is 5.87. The molecule has 2 aromatic heterocycles. The summed E-state index contributed by atoms with van der Waals surface area (Å²) in [6, 6.07) is 10.8. The van der Waals surface area contributed by atoms with Gasteiger partial charge in [-0.1, -0.05) is 24.6 Å². The fraction of sp³-hybridized carbons (Fsp3) is 0.536. The number of amides is 1. The Labute approximate surface area is 208 Å². The molecule has 1 aliphatic heterocycles. The van der Waals surface area contributed by atoms with Crippen LogP contribution in [0.4, 0.5) is 0 Å². The molecule has 7 nitrogen and oxygen atoms in total. The zero-order chi connectivity index (χ0) is 24.9. The Kier molecular flexibility index (Phi) is 8.06. The van der Waals surface area contributed by atoms with Gasteiger partial charge in [-0.3, -0.25) is 14.5 Å². The second kappa shape index (κ2) is 11.2. The van der Waals surface area contributed by atoms with Crippen LogP contribution in [0.1, 0.15) is 63.8 Å². The minimum atomic E-state index is -0.108. The molecule has 4 rings (SSSR count). The third-order valence-corrected chi connectivity index (χ3v) is 7.62. The van der Waals surface area contributed by atoms with Crippen molar-refractivity contribution in [3.63, 3.8) is 0 Å². The van der Waals surface area contributed by atoms with Gasteiger partial charge in [0.25, 0.3) is 5.56 Å². The van der Waals surface area contributed by atoms with Crippen molar-refractivity contribution in [1.82, 2.24) is 24.6 Å². The lowest BCUT2D eigenvalue weighted by Crippen LogP contribution is -2.44. The van der Waals surface area contributed by atoms with Gasteiger partial charge in [-0.2, -0.15) is 9.78 Å². The summed E-state index contributed by atoms with van der Waals surface area (Å²) in [7, 11) is 0. The largest absolute Gasteiger partial charge is 0.356 e. The molecule has 0 aliphatic carbocycles. The minimum absolute atomic E-state index is 0.102. The van der Waals surface area contributed by atoms with Gasteiger partial charge in [-0.25, -0.2) is 0 Å². The number of hydrogen-bond donors (Lipinski definition) is 1. The number of nitrogens with zero attached hydrogens (tertiary/aromatic N) is 4. The molecule has 3 aromatic rings. The molecule has 1 saturated heterocycles. The molecule has 0 radical (unpaired) electrons. The highest BCUT2D eigenvalue weighted by atomic mass is 16.1. The van der Waals surface area contributed by atoms with E-state index in [-0.39, 0.29) is 11.5 Å². The van der Waals surface area contributed by atoms with Crippen LogP contribution in [0.25, 0.3) is 16.5 Å². The molecule has 2 atom stereocenters. The van der Waals surface area contributed by atoms with Crippen LogP contribution in [-0.2, 0) is 11.3 Å². The molecule has 35 heavy (non-hydrogen) atoms. The van der Waals surface area contributed by atoms with Gasteiger partial charge >= 0.3 is 0 Å².